The number of para-hydroxylation sites is 4. The number of hydrogen-bond donors (Lipinski definition) is 0. The molecule has 0 N–H and O–H groups in total. The minimum Gasteiger partial charge on any atom is -0.308 e. The Morgan fingerprint density at radius 2 is 0.537 bits per heavy atom. The molecule has 0 bridgehead atoms. The summed E-state index contributed by atoms with van der Waals surface area (Å²) in [6.45, 7) is 24.1. The topological polar surface area (TPSA) is 101 Å². The van der Waals surface area contributed by atoms with E-state index < -0.39 is 46.5 Å². The molecule has 0 spiro atoms. The average molecular weight is 1100 g/mol. The molecule has 82 heavy (non-hydrogen) atoms. The smallest absolute Gasteiger partial charge is 0.270 e. The monoisotopic (exact) mass is 1100 g/mol. The first-order valence-electron chi connectivity index (χ1n) is 28.5. The van der Waals surface area contributed by atoms with E-state index in [4.69, 9.17) is 9.97 Å². The molecular formula is C68H56B4N4O4S2. The van der Waals surface area contributed by atoms with Gasteiger partial charge in [-0.3, -0.25) is 9.97 Å². The fourth-order valence-electron chi connectivity index (χ4n) is 16.9. The van der Waals surface area contributed by atoms with Gasteiger partial charge in [0, 0.05) is 11.2 Å². The van der Waals surface area contributed by atoms with Gasteiger partial charge in [-0.15, -0.1) is 0 Å². The van der Waals surface area contributed by atoms with Gasteiger partial charge < -0.3 is 9.80 Å². The van der Waals surface area contributed by atoms with Gasteiger partial charge >= 0.3 is 0 Å². The zero-order valence-corrected chi connectivity index (χ0v) is 49.7. The third-order valence-electron chi connectivity index (χ3n) is 19.3. The Kier molecular flexibility index (Phi) is 9.98. The highest BCUT2D eigenvalue weighted by Crippen LogP contribution is 2.52. The third-order valence-corrected chi connectivity index (χ3v) is 22.9. The second-order valence-corrected chi connectivity index (χ2v) is 28.4. The Morgan fingerprint density at radius 1 is 0.305 bits per heavy atom. The fraction of sp³-hybridized carbons (Fsp3) is 0.176. The fourth-order valence-corrected chi connectivity index (χ4v) is 20.3. The van der Waals surface area contributed by atoms with Crippen LogP contribution in [0.15, 0.2) is 141 Å². The molecule has 0 atom stereocenters. The molecule has 8 nitrogen and oxygen atoms in total. The summed E-state index contributed by atoms with van der Waals surface area (Å²) in [7, 11) is -8.09. The summed E-state index contributed by atoms with van der Waals surface area (Å²) < 4.78 is 62.5. The third kappa shape index (κ3) is 6.11. The van der Waals surface area contributed by atoms with Crippen LogP contribution in [0.25, 0.3) is 11.0 Å². The van der Waals surface area contributed by atoms with E-state index in [2.05, 4.69) is 166 Å². The van der Waals surface area contributed by atoms with Crippen molar-refractivity contribution in [2.24, 2.45) is 0 Å². The molecule has 6 aliphatic rings. The van der Waals surface area contributed by atoms with E-state index in [0.717, 1.165) is 155 Å². The maximum atomic E-state index is 15.6. The highest BCUT2D eigenvalue weighted by Gasteiger charge is 2.56. The first kappa shape index (κ1) is 49.9. The van der Waals surface area contributed by atoms with Crippen LogP contribution in [0.3, 0.4) is 0 Å². The van der Waals surface area contributed by atoms with Crippen LogP contribution in [-0.4, -0.2) is 53.7 Å². The van der Waals surface area contributed by atoms with E-state index in [-0.39, 0.29) is 19.6 Å². The van der Waals surface area contributed by atoms with E-state index in [1.165, 1.54) is 0 Å². The van der Waals surface area contributed by atoms with Gasteiger partial charge in [0.15, 0.2) is 0 Å². The molecule has 2 aromatic heterocycles. The lowest BCUT2D eigenvalue weighted by Gasteiger charge is -2.49. The van der Waals surface area contributed by atoms with Crippen LogP contribution in [0.5, 0.6) is 0 Å². The van der Waals surface area contributed by atoms with E-state index in [1.807, 2.05) is 24.3 Å². The summed E-state index contributed by atoms with van der Waals surface area (Å²) >= 11 is 0. The van der Waals surface area contributed by atoms with Gasteiger partial charge in [-0.1, -0.05) is 186 Å². The lowest BCUT2D eigenvalue weighted by atomic mass is 9.29. The summed E-state index contributed by atoms with van der Waals surface area (Å²) in [5, 5.41) is 0. The zero-order chi connectivity index (χ0) is 56.8. The van der Waals surface area contributed by atoms with Gasteiger partial charge in [0.25, 0.3) is 13.4 Å². The molecule has 0 fully saturated rings. The van der Waals surface area contributed by atoms with Crippen molar-refractivity contribution in [1.82, 2.24) is 9.97 Å². The molecular weight excluding hydrogens is 1040 g/mol. The quantitative estimate of drug-likeness (QED) is 0.202. The van der Waals surface area contributed by atoms with Crippen molar-refractivity contribution in [3.05, 3.63) is 188 Å². The van der Waals surface area contributed by atoms with Crippen LogP contribution in [0.1, 0.15) is 66.8 Å². The standard InChI is InChI=1S/C68H56B4N4O4S2/c1-33-25-37(5)53(38(6)26-33)69-45-17-13-21-49-61(45)75-63-47(19-15-23-51(63)81(49,77)78)71(55-41(9)29-35(3)30-42(55)10)67-65(75)57(69)59-60(74-67)58-66-68(73-59)72(56-43(11)31-36(4)32-44(56)12)48-20-16-24-52-64(48)76(66)62-46(18-14-22-50(62)82(52,79)80)70(58)54-39(7)27-34(2)28-40(54)8/h13-32H,1-12H3. The van der Waals surface area contributed by atoms with Gasteiger partial charge in [-0.25, -0.2) is 16.8 Å². The van der Waals surface area contributed by atoms with Crippen LogP contribution in [-0.2, 0) is 19.7 Å². The van der Waals surface area contributed by atoms with Gasteiger partial charge in [0.05, 0.1) is 64.7 Å². The molecule has 0 amide bonds. The van der Waals surface area contributed by atoms with Crippen LogP contribution < -0.4 is 75.6 Å². The highest BCUT2D eigenvalue weighted by molar-refractivity contribution is 7.92. The molecule has 8 aromatic carbocycles. The molecule has 0 unspecified atom stereocenters. The Hall–Kier alpha value is -7.92. The summed E-state index contributed by atoms with van der Waals surface area (Å²) in [5.41, 5.74) is 30.9. The van der Waals surface area contributed by atoms with Gasteiger partial charge in [-0.05, 0) is 140 Å². The van der Waals surface area contributed by atoms with Crippen LogP contribution in [0, 0.1) is 83.1 Å². The minimum absolute atomic E-state index is 0.282. The molecule has 0 radical (unpaired) electrons. The number of fused-ring (bicyclic) bond motifs is 3. The Balaban J connectivity index is 1.19. The SMILES string of the molecule is Cc1cc(C)c(B2c3cccc4c3N3c5c(cccc5S4(=O)=O)B(c4c(C)cc(C)cc4C)c4c3c2nc2c3c5c(nc42)B(c2c(C)cc(C)cc2C)c2cccc4c2N5c2c(cccc2S4(=O)=O)B3c2c(C)cc(C)cc2C)c(C)c1. The molecule has 10 aromatic rings. The first-order valence-corrected chi connectivity index (χ1v) is 31.5. The average Bonchev–Trinajstić information content (AvgIpc) is 0.825. The highest BCUT2D eigenvalue weighted by atomic mass is 32.2. The van der Waals surface area contributed by atoms with Crippen LogP contribution in [0.4, 0.5) is 34.1 Å². The van der Waals surface area contributed by atoms with E-state index in [9.17, 15) is 0 Å². The largest absolute Gasteiger partial charge is 0.308 e. The van der Waals surface area contributed by atoms with Gasteiger partial charge in [0.2, 0.25) is 33.1 Å². The van der Waals surface area contributed by atoms with Crippen molar-refractivity contribution in [1.29, 1.82) is 0 Å². The number of rotatable bonds is 4. The van der Waals surface area contributed by atoms with Crippen LogP contribution in [0.2, 0.25) is 0 Å². The van der Waals surface area contributed by atoms with Crippen molar-refractivity contribution in [3.8, 4) is 0 Å². The van der Waals surface area contributed by atoms with Crippen molar-refractivity contribution in [2.75, 3.05) is 9.80 Å². The predicted molar refractivity (Wildman–Crippen MR) is 341 cm³/mol. The summed E-state index contributed by atoms with van der Waals surface area (Å²) in [6.07, 6.45) is 0. The molecule has 6 aliphatic heterocycles. The molecule has 0 aliphatic carbocycles. The summed E-state index contributed by atoms with van der Waals surface area (Å²) in [5.74, 6) is 0. The Labute approximate surface area is 481 Å². The minimum atomic E-state index is -4.05. The summed E-state index contributed by atoms with van der Waals surface area (Å²) in [6, 6.07) is 41.4. The van der Waals surface area contributed by atoms with Gasteiger partial charge in [0.1, 0.15) is 0 Å². The number of sulfone groups is 2. The van der Waals surface area contributed by atoms with Crippen molar-refractivity contribution in [3.63, 3.8) is 0 Å². The summed E-state index contributed by atoms with van der Waals surface area (Å²) in [4.78, 5) is 18.4. The number of anilines is 6. The Morgan fingerprint density at radius 3 is 0.793 bits per heavy atom. The number of aromatic nitrogens is 2. The number of pyridine rings is 2. The number of nitrogens with zero attached hydrogens (tertiary/aromatic N) is 4. The maximum absolute atomic E-state index is 15.6. The molecule has 16 rings (SSSR count). The normalized spacial score (nSPS) is 15.6. The molecule has 0 saturated heterocycles. The van der Waals surface area contributed by atoms with Crippen molar-refractivity contribution in [2.45, 2.75) is 103 Å². The molecule has 8 heterocycles. The lowest BCUT2D eigenvalue weighted by Crippen LogP contribution is -2.70. The second-order valence-electron chi connectivity index (χ2n) is 24.7. The van der Waals surface area contributed by atoms with Crippen molar-refractivity contribution < 1.29 is 16.8 Å². The zero-order valence-electron chi connectivity index (χ0n) is 48.1. The number of aryl methyl sites for hydroxylation is 12. The molecule has 14 heteroatoms. The Bertz CT molecular complexity index is 4550. The van der Waals surface area contributed by atoms with E-state index in [0.29, 0.717) is 22.7 Å². The second kappa shape index (κ2) is 16.4. The predicted octanol–water partition coefficient (Wildman–Crippen LogP) is 5.88. The molecule has 0 saturated carbocycles. The van der Waals surface area contributed by atoms with Crippen molar-refractivity contribution >= 4 is 157 Å². The first-order chi connectivity index (χ1) is 39.2. The van der Waals surface area contributed by atoms with E-state index in [1.54, 1.807) is 24.3 Å². The van der Waals surface area contributed by atoms with Crippen LogP contribution >= 0.6 is 0 Å². The lowest BCUT2D eigenvalue weighted by molar-refractivity contribution is 0.593. The van der Waals surface area contributed by atoms with Gasteiger partial charge in [-0.2, -0.15) is 0 Å². The maximum Gasteiger partial charge on any atom is 0.270 e. The molecule has 396 valence electrons. The number of hydrogen-bond acceptors (Lipinski definition) is 8. The number of benzene rings is 8. The van der Waals surface area contributed by atoms with E-state index >= 15 is 16.8 Å².